The summed E-state index contributed by atoms with van der Waals surface area (Å²) in [6, 6.07) is 9.44. The minimum Gasteiger partial charge on any atom is -0.476 e. The van der Waals surface area contributed by atoms with Crippen molar-refractivity contribution in [2.75, 3.05) is 23.0 Å². The summed E-state index contributed by atoms with van der Waals surface area (Å²) >= 11 is 0. The first kappa shape index (κ1) is 26.1. The molecule has 0 saturated carbocycles. The van der Waals surface area contributed by atoms with Crippen molar-refractivity contribution in [1.29, 1.82) is 0 Å². The fourth-order valence-electron chi connectivity index (χ4n) is 3.41. The Morgan fingerprint density at radius 1 is 1.03 bits per heavy atom. The summed E-state index contributed by atoms with van der Waals surface area (Å²) in [7, 11) is 1.65. The Kier molecular flexibility index (Phi) is 6.97. The van der Waals surface area contributed by atoms with Gasteiger partial charge in [0, 0.05) is 36.1 Å². The molecular weight excluding hydrogens is 510 g/mol. The van der Waals surface area contributed by atoms with E-state index in [4.69, 9.17) is 0 Å². The van der Waals surface area contributed by atoms with Gasteiger partial charge < -0.3 is 21.1 Å². The molecule has 1 amide bonds. The first-order chi connectivity index (χ1) is 18.0. The number of alkyl halides is 3. The number of halogens is 4. The SMILES string of the molecule is CNc1cc(-n2nc(C(=O)O)cc2Nc2cc(NC(=O)c3ccc(F)c(C(F)(F)F)c3)ccc2C)ncn1. The molecule has 0 fully saturated rings. The number of anilines is 4. The zero-order valence-corrected chi connectivity index (χ0v) is 19.8. The number of amides is 1. The standard InChI is InChI=1S/C24H19F4N7O3/c1-12-3-5-14(32-22(36)13-4-6-16(25)15(7-13)24(26,27)28)8-17(12)33-21-9-18(23(37)38)34-35(21)20-10-19(29-2)30-11-31-20/h3-11,33H,1-2H3,(H,32,36)(H,37,38)(H,29,30,31). The average molecular weight is 529 g/mol. The highest BCUT2D eigenvalue weighted by Gasteiger charge is 2.34. The molecule has 0 aliphatic carbocycles. The Hall–Kier alpha value is -5.01. The highest BCUT2D eigenvalue weighted by molar-refractivity contribution is 6.04. The number of aromatic nitrogens is 4. The van der Waals surface area contributed by atoms with Gasteiger partial charge in [-0.3, -0.25) is 4.79 Å². The zero-order valence-electron chi connectivity index (χ0n) is 19.8. The first-order valence-electron chi connectivity index (χ1n) is 10.9. The molecule has 38 heavy (non-hydrogen) atoms. The number of hydrogen-bond donors (Lipinski definition) is 4. The van der Waals surface area contributed by atoms with Crippen LogP contribution in [0.1, 0.15) is 32.0 Å². The van der Waals surface area contributed by atoms with E-state index in [9.17, 15) is 32.3 Å². The fraction of sp³-hybridized carbons (Fsp3) is 0.125. The minimum atomic E-state index is -4.96. The molecule has 0 atom stereocenters. The van der Waals surface area contributed by atoms with Gasteiger partial charge in [-0.15, -0.1) is 0 Å². The van der Waals surface area contributed by atoms with Crippen LogP contribution in [0.5, 0.6) is 0 Å². The molecule has 0 aliphatic rings. The third-order valence-electron chi connectivity index (χ3n) is 5.35. The van der Waals surface area contributed by atoms with Crippen LogP contribution in [0.25, 0.3) is 5.82 Å². The van der Waals surface area contributed by atoms with Gasteiger partial charge in [0.2, 0.25) is 0 Å². The van der Waals surface area contributed by atoms with E-state index in [1.165, 1.54) is 29.2 Å². The summed E-state index contributed by atoms with van der Waals surface area (Å²) in [5.74, 6) is -2.70. The summed E-state index contributed by atoms with van der Waals surface area (Å²) < 4.78 is 54.0. The molecular formula is C24H19F4N7O3. The third-order valence-corrected chi connectivity index (χ3v) is 5.35. The van der Waals surface area contributed by atoms with Gasteiger partial charge in [0.15, 0.2) is 11.5 Å². The molecule has 0 radical (unpaired) electrons. The van der Waals surface area contributed by atoms with Crippen LogP contribution in [0.15, 0.2) is 54.9 Å². The van der Waals surface area contributed by atoms with E-state index in [2.05, 4.69) is 31.0 Å². The predicted octanol–water partition coefficient (Wildman–Crippen LogP) is 4.86. The Morgan fingerprint density at radius 2 is 1.79 bits per heavy atom. The van der Waals surface area contributed by atoms with Gasteiger partial charge >= 0.3 is 12.1 Å². The molecule has 4 rings (SSSR count). The summed E-state index contributed by atoms with van der Waals surface area (Å²) in [6.45, 7) is 1.74. The molecule has 0 unspecified atom stereocenters. The number of nitrogens with zero attached hydrogens (tertiary/aromatic N) is 4. The van der Waals surface area contributed by atoms with Crippen molar-refractivity contribution < 1.29 is 32.3 Å². The average Bonchev–Trinajstić information content (AvgIpc) is 3.30. The van der Waals surface area contributed by atoms with Gasteiger partial charge in [0.1, 0.15) is 23.8 Å². The van der Waals surface area contributed by atoms with Crippen molar-refractivity contribution in [3.63, 3.8) is 0 Å². The van der Waals surface area contributed by atoms with E-state index >= 15 is 0 Å². The number of aromatic carboxylic acids is 1. The number of rotatable bonds is 7. The Morgan fingerprint density at radius 3 is 2.47 bits per heavy atom. The van der Waals surface area contributed by atoms with Crippen molar-refractivity contribution in [3.05, 3.63) is 83.1 Å². The van der Waals surface area contributed by atoms with Crippen molar-refractivity contribution in [3.8, 4) is 5.82 Å². The van der Waals surface area contributed by atoms with E-state index in [1.807, 2.05) is 0 Å². The van der Waals surface area contributed by atoms with Gasteiger partial charge in [-0.2, -0.15) is 23.0 Å². The van der Waals surface area contributed by atoms with Crippen LogP contribution in [-0.4, -0.2) is 43.8 Å². The highest BCUT2D eigenvalue weighted by Crippen LogP contribution is 2.32. The number of carboxylic acid groups (broad SMARTS) is 1. The quantitative estimate of drug-likeness (QED) is 0.249. The number of aryl methyl sites for hydroxylation is 1. The Labute approximate surface area is 212 Å². The van der Waals surface area contributed by atoms with Crippen molar-refractivity contribution in [2.24, 2.45) is 0 Å². The Balaban J connectivity index is 1.64. The molecule has 2 heterocycles. The molecule has 2 aromatic carbocycles. The van der Waals surface area contributed by atoms with Gasteiger partial charge in [0.25, 0.3) is 5.91 Å². The summed E-state index contributed by atoms with van der Waals surface area (Å²) in [4.78, 5) is 32.3. The van der Waals surface area contributed by atoms with Gasteiger partial charge in [-0.1, -0.05) is 6.07 Å². The van der Waals surface area contributed by atoms with Crippen LogP contribution in [0.4, 0.5) is 40.6 Å². The molecule has 0 aliphatic heterocycles. The molecule has 10 nitrogen and oxygen atoms in total. The second kappa shape index (κ2) is 10.2. The summed E-state index contributed by atoms with van der Waals surface area (Å²) in [5, 5.41) is 21.9. The summed E-state index contributed by atoms with van der Waals surface area (Å²) in [5.41, 5.74) is -0.876. The number of carboxylic acids is 1. The van der Waals surface area contributed by atoms with Crippen LogP contribution in [0.2, 0.25) is 0 Å². The van der Waals surface area contributed by atoms with E-state index in [1.54, 1.807) is 26.1 Å². The molecule has 14 heteroatoms. The Bertz CT molecular complexity index is 1540. The van der Waals surface area contributed by atoms with Crippen molar-refractivity contribution >= 4 is 34.9 Å². The molecule has 2 aromatic heterocycles. The lowest BCUT2D eigenvalue weighted by molar-refractivity contribution is -0.140. The number of benzene rings is 2. The molecule has 0 bridgehead atoms. The predicted molar refractivity (Wildman–Crippen MR) is 129 cm³/mol. The van der Waals surface area contributed by atoms with Gasteiger partial charge in [-0.05, 0) is 42.8 Å². The van der Waals surface area contributed by atoms with E-state index in [0.717, 1.165) is 6.07 Å². The fourth-order valence-corrected chi connectivity index (χ4v) is 3.41. The van der Waals surface area contributed by atoms with Crippen LogP contribution in [0.3, 0.4) is 0 Å². The molecule has 4 aromatic rings. The normalized spacial score (nSPS) is 11.2. The number of carbonyl (C=O) groups is 2. The first-order valence-corrected chi connectivity index (χ1v) is 10.9. The van der Waals surface area contributed by atoms with E-state index < -0.39 is 29.4 Å². The summed E-state index contributed by atoms with van der Waals surface area (Å²) in [6.07, 6.45) is -3.69. The molecule has 196 valence electrons. The van der Waals surface area contributed by atoms with Crippen LogP contribution < -0.4 is 16.0 Å². The molecule has 0 spiro atoms. The molecule has 4 N–H and O–H groups in total. The number of carbonyl (C=O) groups excluding carboxylic acids is 1. The van der Waals surface area contributed by atoms with Crippen molar-refractivity contribution in [2.45, 2.75) is 13.1 Å². The molecule has 0 saturated heterocycles. The lowest BCUT2D eigenvalue weighted by Gasteiger charge is -2.14. The van der Waals surface area contributed by atoms with Gasteiger partial charge in [-0.25, -0.2) is 19.2 Å². The topological polar surface area (TPSA) is 134 Å². The largest absolute Gasteiger partial charge is 0.476 e. The lowest BCUT2D eigenvalue weighted by Crippen LogP contribution is -2.15. The maximum atomic E-state index is 13.6. The highest BCUT2D eigenvalue weighted by atomic mass is 19.4. The van der Waals surface area contributed by atoms with E-state index in [0.29, 0.717) is 29.2 Å². The maximum Gasteiger partial charge on any atom is 0.419 e. The lowest BCUT2D eigenvalue weighted by atomic mass is 10.1. The zero-order chi connectivity index (χ0) is 27.6. The minimum absolute atomic E-state index is 0.213. The maximum absolute atomic E-state index is 13.6. The smallest absolute Gasteiger partial charge is 0.419 e. The van der Waals surface area contributed by atoms with Crippen LogP contribution >= 0.6 is 0 Å². The van der Waals surface area contributed by atoms with Crippen molar-refractivity contribution in [1.82, 2.24) is 19.7 Å². The second-order valence-corrected chi connectivity index (χ2v) is 7.94. The van der Waals surface area contributed by atoms with Gasteiger partial charge in [0.05, 0.1) is 5.56 Å². The van der Waals surface area contributed by atoms with Crippen LogP contribution in [-0.2, 0) is 6.18 Å². The van der Waals surface area contributed by atoms with Crippen LogP contribution in [0, 0.1) is 12.7 Å². The van der Waals surface area contributed by atoms with E-state index in [-0.39, 0.29) is 28.6 Å². The number of nitrogens with one attached hydrogen (secondary N) is 3. The third kappa shape index (κ3) is 5.53. The number of hydrogen-bond acceptors (Lipinski definition) is 7. The second-order valence-electron chi connectivity index (χ2n) is 7.94. The monoisotopic (exact) mass is 529 g/mol.